The predicted molar refractivity (Wildman–Crippen MR) is 84.9 cm³/mol. The Kier molecular flexibility index (Phi) is 5.15. The maximum absolute atomic E-state index is 4.46. The van der Waals surface area contributed by atoms with Crippen molar-refractivity contribution in [3.8, 4) is 0 Å². The molecular weight excluding hydrogens is 298 g/mol. The lowest BCUT2D eigenvalue weighted by Crippen LogP contribution is -2.07. The van der Waals surface area contributed by atoms with Crippen LogP contribution in [0.3, 0.4) is 0 Å². The second kappa shape index (κ2) is 6.85. The van der Waals surface area contributed by atoms with Gasteiger partial charge in [-0.05, 0) is 49.4 Å². The van der Waals surface area contributed by atoms with Crippen LogP contribution in [-0.4, -0.2) is 9.81 Å². The van der Waals surface area contributed by atoms with Gasteiger partial charge in [0.1, 0.15) is 0 Å². The lowest BCUT2D eigenvalue weighted by molar-refractivity contribution is 0.745. The molecule has 1 aromatic heterocycles. The number of pyridine rings is 1. The molecular formula is C17H20BrN. The number of aromatic nitrogens is 1. The van der Waals surface area contributed by atoms with Crippen LogP contribution in [0.1, 0.15) is 28.8 Å². The lowest BCUT2D eigenvalue weighted by atomic mass is 10.0. The summed E-state index contributed by atoms with van der Waals surface area (Å²) in [5.74, 6) is 0. The summed E-state index contributed by atoms with van der Waals surface area (Å²) in [6.07, 6.45) is 5.14. The first-order valence-corrected chi connectivity index (χ1v) is 7.67. The molecule has 19 heavy (non-hydrogen) atoms. The first-order chi connectivity index (χ1) is 9.16. The smallest absolute Gasteiger partial charge is 0.0443 e. The van der Waals surface area contributed by atoms with Crippen molar-refractivity contribution in [1.82, 2.24) is 4.98 Å². The van der Waals surface area contributed by atoms with E-state index >= 15 is 0 Å². The Balaban J connectivity index is 1.90. The van der Waals surface area contributed by atoms with E-state index in [1.165, 1.54) is 22.4 Å². The van der Waals surface area contributed by atoms with Crippen molar-refractivity contribution < 1.29 is 0 Å². The molecule has 0 aliphatic rings. The topological polar surface area (TPSA) is 12.9 Å². The van der Waals surface area contributed by atoms with E-state index in [0.717, 1.165) is 19.3 Å². The average molecular weight is 318 g/mol. The van der Waals surface area contributed by atoms with Crippen LogP contribution < -0.4 is 0 Å². The minimum absolute atomic E-state index is 0.487. The minimum atomic E-state index is 0.487. The third kappa shape index (κ3) is 4.17. The van der Waals surface area contributed by atoms with Crippen molar-refractivity contribution in [2.75, 3.05) is 0 Å². The van der Waals surface area contributed by atoms with E-state index < -0.39 is 0 Å². The number of benzene rings is 1. The number of rotatable bonds is 5. The van der Waals surface area contributed by atoms with Crippen molar-refractivity contribution in [2.45, 2.75) is 37.9 Å². The van der Waals surface area contributed by atoms with E-state index in [2.05, 4.69) is 65.1 Å². The number of aryl methyl sites for hydroxylation is 3. The number of nitrogens with zero attached hydrogens (tertiary/aromatic N) is 1. The molecule has 1 aromatic carbocycles. The summed E-state index contributed by atoms with van der Waals surface area (Å²) in [5, 5.41) is 0. The summed E-state index contributed by atoms with van der Waals surface area (Å²) in [5.41, 5.74) is 5.32. The number of hydrogen-bond donors (Lipinski definition) is 0. The fraction of sp³-hybridized carbons (Fsp3) is 0.353. The molecule has 0 bridgehead atoms. The molecule has 2 aromatic rings. The highest BCUT2D eigenvalue weighted by molar-refractivity contribution is 9.09. The molecule has 1 atom stereocenters. The molecule has 0 amide bonds. The monoisotopic (exact) mass is 317 g/mol. The highest BCUT2D eigenvalue weighted by Gasteiger charge is 2.09. The second-order valence-corrected chi connectivity index (χ2v) is 6.33. The Bertz CT molecular complexity index is 536. The van der Waals surface area contributed by atoms with Crippen molar-refractivity contribution in [2.24, 2.45) is 0 Å². The largest absolute Gasteiger partial charge is 0.261 e. The van der Waals surface area contributed by atoms with Crippen LogP contribution in [0.25, 0.3) is 0 Å². The molecule has 2 rings (SSSR count). The Hall–Kier alpha value is -1.15. The molecule has 0 aliphatic carbocycles. The maximum Gasteiger partial charge on any atom is 0.0443 e. The van der Waals surface area contributed by atoms with Crippen LogP contribution in [0.5, 0.6) is 0 Å². The molecule has 0 saturated carbocycles. The van der Waals surface area contributed by atoms with Crippen molar-refractivity contribution in [3.05, 3.63) is 65.0 Å². The molecule has 100 valence electrons. The van der Waals surface area contributed by atoms with Crippen LogP contribution in [0.2, 0.25) is 0 Å². The molecule has 0 radical (unpaired) electrons. The van der Waals surface area contributed by atoms with Gasteiger partial charge in [-0.3, -0.25) is 4.98 Å². The minimum Gasteiger partial charge on any atom is -0.261 e. The van der Waals surface area contributed by atoms with Gasteiger partial charge in [-0.1, -0.05) is 46.3 Å². The Labute approximate surface area is 124 Å². The molecule has 0 fully saturated rings. The van der Waals surface area contributed by atoms with E-state index in [9.17, 15) is 0 Å². The summed E-state index contributed by atoms with van der Waals surface area (Å²) in [6.45, 7) is 4.31. The zero-order valence-electron chi connectivity index (χ0n) is 11.6. The molecule has 0 aliphatic heterocycles. The molecule has 1 nitrogen and oxygen atoms in total. The van der Waals surface area contributed by atoms with Gasteiger partial charge in [0.15, 0.2) is 0 Å². The number of alkyl halides is 1. The average Bonchev–Trinajstić information content (AvgIpc) is 2.40. The van der Waals surface area contributed by atoms with Gasteiger partial charge in [-0.25, -0.2) is 0 Å². The molecule has 0 saturated heterocycles. The first kappa shape index (κ1) is 14.3. The van der Waals surface area contributed by atoms with E-state index in [1.54, 1.807) is 0 Å². The van der Waals surface area contributed by atoms with Crippen LogP contribution in [-0.2, 0) is 12.8 Å². The van der Waals surface area contributed by atoms with Gasteiger partial charge < -0.3 is 0 Å². The Morgan fingerprint density at radius 1 is 1.05 bits per heavy atom. The highest BCUT2D eigenvalue weighted by atomic mass is 79.9. The quantitative estimate of drug-likeness (QED) is 0.732. The summed E-state index contributed by atoms with van der Waals surface area (Å²) in [6, 6.07) is 12.7. The van der Waals surface area contributed by atoms with Crippen LogP contribution >= 0.6 is 15.9 Å². The van der Waals surface area contributed by atoms with E-state index in [1.807, 2.05) is 12.3 Å². The first-order valence-electron chi connectivity index (χ1n) is 6.76. The summed E-state index contributed by atoms with van der Waals surface area (Å²) in [4.78, 5) is 4.95. The SMILES string of the molecule is Cc1ccccc1CCC(Br)Cc1ncccc1C. The summed E-state index contributed by atoms with van der Waals surface area (Å²) < 4.78 is 0. The van der Waals surface area contributed by atoms with Gasteiger partial charge in [0.25, 0.3) is 0 Å². The standard InChI is InChI=1S/C17H20BrN/c1-13-6-3-4-8-15(13)9-10-16(18)12-17-14(2)7-5-11-19-17/h3-8,11,16H,9-10,12H2,1-2H3. The maximum atomic E-state index is 4.46. The van der Waals surface area contributed by atoms with Gasteiger partial charge in [-0.15, -0.1) is 0 Å². The fourth-order valence-corrected chi connectivity index (χ4v) is 2.78. The van der Waals surface area contributed by atoms with Gasteiger partial charge in [0.2, 0.25) is 0 Å². The van der Waals surface area contributed by atoms with Crippen molar-refractivity contribution in [1.29, 1.82) is 0 Å². The number of hydrogen-bond acceptors (Lipinski definition) is 1. The van der Waals surface area contributed by atoms with Crippen LogP contribution in [0, 0.1) is 13.8 Å². The van der Waals surface area contributed by atoms with Crippen LogP contribution in [0.15, 0.2) is 42.6 Å². The summed E-state index contributed by atoms with van der Waals surface area (Å²) >= 11 is 3.79. The summed E-state index contributed by atoms with van der Waals surface area (Å²) in [7, 11) is 0. The normalized spacial score (nSPS) is 12.4. The zero-order valence-corrected chi connectivity index (χ0v) is 13.2. The van der Waals surface area contributed by atoms with E-state index in [0.29, 0.717) is 4.83 Å². The van der Waals surface area contributed by atoms with Crippen LogP contribution in [0.4, 0.5) is 0 Å². The predicted octanol–water partition coefficient (Wildman–Crippen LogP) is 4.64. The van der Waals surface area contributed by atoms with E-state index in [-0.39, 0.29) is 0 Å². The van der Waals surface area contributed by atoms with Gasteiger partial charge in [-0.2, -0.15) is 0 Å². The van der Waals surface area contributed by atoms with Crippen molar-refractivity contribution in [3.63, 3.8) is 0 Å². The third-order valence-electron chi connectivity index (χ3n) is 3.52. The molecule has 0 N–H and O–H groups in total. The lowest BCUT2D eigenvalue weighted by Gasteiger charge is -2.12. The van der Waals surface area contributed by atoms with Gasteiger partial charge in [0, 0.05) is 23.1 Å². The van der Waals surface area contributed by atoms with Gasteiger partial charge in [0.05, 0.1) is 0 Å². The highest BCUT2D eigenvalue weighted by Crippen LogP contribution is 2.18. The third-order valence-corrected chi connectivity index (χ3v) is 4.30. The molecule has 2 heteroatoms. The second-order valence-electron chi connectivity index (χ2n) is 5.03. The Morgan fingerprint density at radius 2 is 1.79 bits per heavy atom. The zero-order chi connectivity index (χ0) is 13.7. The molecule has 1 unspecified atom stereocenters. The fourth-order valence-electron chi connectivity index (χ4n) is 2.25. The Morgan fingerprint density at radius 3 is 2.53 bits per heavy atom. The molecule has 0 spiro atoms. The van der Waals surface area contributed by atoms with E-state index in [4.69, 9.17) is 0 Å². The molecule has 1 heterocycles. The number of halogens is 1. The van der Waals surface area contributed by atoms with Gasteiger partial charge >= 0.3 is 0 Å². The van der Waals surface area contributed by atoms with Crippen molar-refractivity contribution >= 4 is 15.9 Å².